The molecule has 0 aromatic heterocycles. The average molecular weight is 247 g/mol. The maximum atomic E-state index is 5.62. The van der Waals surface area contributed by atoms with Gasteiger partial charge in [0.05, 0.1) is 14.1 Å². The van der Waals surface area contributed by atoms with Crippen LogP contribution in [0, 0.1) is 0 Å². The summed E-state index contributed by atoms with van der Waals surface area (Å²) in [5, 5.41) is 2.59. The molecule has 2 heteroatoms. The summed E-state index contributed by atoms with van der Waals surface area (Å²) in [7, 11) is 4.39. The first-order chi connectivity index (χ1) is 8.15. The van der Waals surface area contributed by atoms with Crippen molar-refractivity contribution in [2.24, 2.45) is 0 Å². The number of nitrogens with zero attached hydrogens (tertiary/aromatic N) is 1. The van der Waals surface area contributed by atoms with E-state index in [1.54, 1.807) is 5.54 Å². The molecule has 0 saturated carbocycles. The molecule has 0 saturated heterocycles. The normalized spacial score (nSPS) is 12.4. The Labute approximate surface area is 108 Å². The topological polar surface area (TPSA) is 0 Å². The van der Waals surface area contributed by atoms with E-state index < -0.39 is 0 Å². The molecule has 0 radical (unpaired) electrons. The number of fused-ring (bicyclic) bond motifs is 1. The molecule has 17 heavy (non-hydrogen) atoms. The van der Waals surface area contributed by atoms with Crippen LogP contribution in [0.1, 0.15) is 0 Å². The van der Waals surface area contributed by atoms with Crippen LogP contribution in [0.15, 0.2) is 54.1 Å². The zero-order valence-electron chi connectivity index (χ0n) is 10.2. The molecule has 2 aromatic carbocycles. The molecule has 0 bridgehead atoms. The van der Waals surface area contributed by atoms with E-state index in [-0.39, 0.29) is 0 Å². The first-order valence-corrected chi connectivity index (χ1v) is 6.15. The minimum atomic E-state index is 0.796. The molecule has 0 aliphatic carbocycles. The molecular weight excluding hydrogens is 230 g/mol. The monoisotopic (exact) mass is 246 g/mol. The highest BCUT2D eigenvalue weighted by Crippen LogP contribution is 2.29. The van der Waals surface area contributed by atoms with Gasteiger partial charge >= 0.3 is 0 Å². The molecular formula is C15H17ClN+. The minimum absolute atomic E-state index is 0.796. The summed E-state index contributed by atoms with van der Waals surface area (Å²) in [6.07, 6.45) is 1.99. The number of rotatable bonds is 3. The van der Waals surface area contributed by atoms with Crippen LogP contribution in [0.3, 0.4) is 0 Å². The maximum Gasteiger partial charge on any atom is 0.140 e. The highest BCUT2D eigenvalue weighted by atomic mass is 35.5. The van der Waals surface area contributed by atoms with Gasteiger partial charge in [0.15, 0.2) is 0 Å². The molecule has 0 spiro atoms. The van der Waals surface area contributed by atoms with Crippen LogP contribution in [0.2, 0.25) is 0 Å². The highest BCUT2D eigenvalue weighted by Gasteiger charge is 2.19. The summed E-state index contributed by atoms with van der Waals surface area (Å²) in [4.78, 5) is 0. The maximum absolute atomic E-state index is 5.62. The third kappa shape index (κ3) is 2.51. The van der Waals surface area contributed by atoms with E-state index in [0.29, 0.717) is 0 Å². The lowest BCUT2D eigenvalue weighted by Crippen LogP contribution is -2.40. The Balaban J connectivity index is 2.54. The fourth-order valence-corrected chi connectivity index (χ4v) is 2.22. The van der Waals surface area contributed by atoms with Gasteiger partial charge in [-0.15, -0.1) is 0 Å². The van der Waals surface area contributed by atoms with Crippen LogP contribution in [-0.2, 0) is 0 Å². The summed E-state index contributed by atoms with van der Waals surface area (Å²) in [5.74, 6) is 0. The summed E-state index contributed by atoms with van der Waals surface area (Å²) < 4.78 is 0.796. The van der Waals surface area contributed by atoms with Crippen molar-refractivity contribution in [2.45, 2.75) is 0 Å². The molecule has 1 nitrogen and oxygen atoms in total. The fourth-order valence-electron chi connectivity index (χ4n) is 2.14. The molecule has 0 N–H and O–H groups in total. The Kier molecular flexibility index (Phi) is 3.51. The van der Waals surface area contributed by atoms with Gasteiger partial charge in [-0.3, -0.25) is 4.48 Å². The Morgan fingerprint density at radius 2 is 1.76 bits per heavy atom. The highest BCUT2D eigenvalue weighted by molar-refractivity contribution is 6.25. The van der Waals surface area contributed by atoms with Crippen molar-refractivity contribution in [3.05, 3.63) is 54.1 Å². The molecule has 88 valence electrons. The van der Waals surface area contributed by atoms with Crippen LogP contribution in [-0.4, -0.2) is 20.6 Å². The predicted molar refractivity (Wildman–Crippen MR) is 77.5 cm³/mol. The van der Waals surface area contributed by atoms with Gasteiger partial charge in [0.25, 0.3) is 0 Å². The summed E-state index contributed by atoms with van der Waals surface area (Å²) in [5.41, 5.74) is 2.91. The number of quaternary nitrogens is 1. The van der Waals surface area contributed by atoms with Crippen molar-refractivity contribution < 1.29 is 0 Å². The van der Waals surface area contributed by atoms with Crippen molar-refractivity contribution in [3.8, 4) is 0 Å². The van der Waals surface area contributed by atoms with Crippen LogP contribution >= 0.6 is 11.6 Å². The van der Waals surface area contributed by atoms with Crippen molar-refractivity contribution in [1.29, 1.82) is 0 Å². The number of halogens is 1. The molecule has 2 rings (SSSR count). The second kappa shape index (κ2) is 4.91. The molecule has 2 aromatic rings. The van der Waals surface area contributed by atoms with Gasteiger partial charge in [0, 0.05) is 10.9 Å². The van der Waals surface area contributed by atoms with Gasteiger partial charge < -0.3 is 0 Å². The van der Waals surface area contributed by atoms with E-state index in [9.17, 15) is 0 Å². The Morgan fingerprint density at radius 1 is 1.06 bits per heavy atom. The third-order valence-electron chi connectivity index (χ3n) is 3.07. The van der Waals surface area contributed by atoms with E-state index in [4.69, 9.17) is 11.6 Å². The van der Waals surface area contributed by atoms with Gasteiger partial charge in [-0.2, -0.15) is 0 Å². The van der Waals surface area contributed by atoms with Gasteiger partial charge in [0.1, 0.15) is 12.2 Å². The van der Waals surface area contributed by atoms with Gasteiger partial charge in [-0.05, 0) is 23.6 Å². The Hall–Kier alpha value is -1.31. The molecule has 0 amide bonds. The average Bonchev–Trinajstić information content (AvgIpc) is 2.36. The van der Waals surface area contributed by atoms with Gasteiger partial charge in [-0.1, -0.05) is 41.9 Å². The van der Waals surface area contributed by atoms with Crippen LogP contribution in [0.4, 0.5) is 5.69 Å². The van der Waals surface area contributed by atoms with Gasteiger partial charge in [0.2, 0.25) is 0 Å². The smallest absolute Gasteiger partial charge is 0.140 e. The van der Waals surface area contributed by atoms with E-state index in [1.807, 2.05) is 6.08 Å². The Bertz CT molecular complexity index is 538. The SMILES string of the molecule is C[N+](C)(C/C=C/Cl)c1cccc2ccccc12. The van der Waals surface area contributed by atoms with Crippen LogP contribution in [0.25, 0.3) is 10.8 Å². The van der Waals surface area contributed by atoms with Crippen molar-refractivity contribution in [1.82, 2.24) is 4.48 Å². The lowest BCUT2D eigenvalue weighted by atomic mass is 10.1. The standard InChI is InChI=1S/C15H17ClN/c1-17(2,12-6-11-16)15-10-5-8-13-7-3-4-9-14(13)15/h3-11H,12H2,1-2H3/q+1/b11-6+. The molecule has 0 fully saturated rings. The first kappa shape index (κ1) is 12.2. The van der Waals surface area contributed by atoms with E-state index in [0.717, 1.165) is 11.0 Å². The summed E-state index contributed by atoms with van der Waals surface area (Å²) in [6.45, 7) is 0.886. The largest absolute Gasteiger partial charge is 0.292 e. The van der Waals surface area contributed by atoms with Crippen LogP contribution in [0.5, 0.6) is 0 Å². The first-order valence-electron chi connectivity index (χ1n) is 5.72. The number of hydrogen-bond donors (Lipinski definition) is 0. The lowest BCUT2D eigenvalue weighted by Gasteiger charge is -2.29. The number of hydrogen-bond acceptors (Lipinski definition) is 0. The third-order valence-corrected chi connectivity index (χ3v) is 3.25. The van der Waals surface area contributed by atoms with Crippen LogP contribution < -0.4 is 4.48 Å². The lowest BCUT2D eigenvalue weighted by molar-refractivity contribution is 0.445. The van der Waals surface area contributed by atoms with E-state index in [2.05, 4.69) is 56.6 Å². The predicted octanol–water partition coefficient (Wildman–Crippen LogP) is 4.16. The fraction of sp³-hybridized carbons (Fsp3) is 0.200. The number of benzene rings is 2. The van der Waals surface area contributed by atoms with Crippen molar-refractivity contribution in [3.63, 3.8) is 0 Å². The van der Waals surface area contributed by atoms with E-state index >= 15 is 0 Å². The van der Waals surface area contributed by atoms with Gasteiger partial charge in [-0.25, -0.2) is 0 Å². The van der Waals surface area contributed by atoms with Crippen molar-refractivity contribution in [2.75, 3.05) is 20.6 Å². The number of likely N-dealkylation sites (N-methyl/N-ethyl adjacent to an activating group) is 1. The summed E-state index contributed by atoms with van der Waals surface area (Å²) in [6, 6.07) is 14.9. The zero-order valence-corrected chi connectivity index (χ0v) is 11.0. The molecule has 0 aliphatic heterocycles. The molecule has 0 unspecified atom stereocenters. The molecule has 0 heterocycles. The van der Waals surface area contributed by atoms with Crippen molar-refractivity contribution >= 4 is 28.1 Å². The Morgan fingerprint density at radius 3 is 2.53 bits per heavy atom. The molecule has 0 aliphatic rings. The molecule has 0 atom stereocenters. The second-order valence-electron chi connectivity index (χ2n) is 4.73. The zero-order chi connectivity index (χ0) is 12.3. The quantitative estimate of drug-likeness (QED) is 0.714. The van der Waals surface area contributed by atoms with E-state index in [1.165, 1.54) is 16.5 Å². The summed E-state index contributed by atoms with van der Waals surface area (Å²) >= 11 is 5.62. The second-order valence-corrected chi connectivity index (χ2v) is 4.98. The minimum Gasteiger partial charge on any atom is -0.292 e.